The fourth-order valence-corrected chi connectivity index (χ4v) is 2.75. The van der Waals surface area contributed by atoms with Gasteiger partial charge in [-0.05, 0) is 47.5 Å². The van der Waals surface area contributed by atoms with E-state index in [-0.39, 0.29) is 22.6 Å². The molecule has 0 amide bonds. The summed E-state index contributed by atoms with van der Waals surface area (Å²) in [7, 11) is 1.29. The van der Waals surface area contributed by atoms with E-state index in [9.17, 15) is 9.18 Å². The van der Waals surface area contributed by atoms with Gasteiger partial charge in [0.2, 0.25) is 5.89 Å². The fraction of sp³-hybridized carbons (Fsp3) is 0.0500. The van der Waals surface area contributed by atoms with Crippen molar-refractivity contribution < 1.29 is 18.3 Å². The van der Waals surface area contributed by atoms with Gasteiger partial charge in [0.1, 0.15) is 16.9 Å². The summed E-state index contributed by atoms with van der Waals surface area (Å²) in [5.74, 6) is -0.896. The van der Waals surface area contributed by atoms with E-state index in [1.54, 1.807) is 54.9 Å². The second-order valence-corrected chi connectivity index (χ2v) is 5.59. The molecule has 26 heavy (non-hydrogen) atoms. The Morgan fingerprint density at radius 3 is 2.62 bits per heavy atom. The first kappa shape index (κ1) is 16.0. The number of nitrogens with zero attached hydrogens (tertiary/aromatic N) is 2. The van der Waals surface area contributed by atoms with Crippen LogP contribution in [0.15, 0.2) is 65.3 Å². The molecule has 0 aliphatic heterocycles. The Morgan fingerprint density at radius 2 is 1.88 bits per heavy atom. The van der Waals surface area contributed by atoms with Crippen molar-refractivity contribution in [3.63, 3.8) is 0 Å². The van der Waals surface area contributed by atoms with Gasteiger partial charge in [0.05, 0.1) is 12.7 Å². The van der Waals surface area contributed by atoms with Crippen molar-refractivity contribution >= 4 is 17.1 Å². The molecule has 0 bridgehead atoms. The number of hydrogen-bond acceptors (Lipinski definition) is 5. The SMILES string of the molecule is COC(=O)c1cccc2nc(-c3ccc(-c4ccncc4)cc3F)oc12. The zero-order valence-corrected chi connectivity index (χ0v) is 13.8. The number of methoxy groups -OCH3 is 1. The molecule has 2 aromatic carbocycles. The summed E-state index contributed by atoms with van der Waals surface area (Å²) in [6, 6.07) is 13.3. The third kappa shape index (κ3) is 2.71. The first-order valence-electron chi connectivity index (χ1n) is 7.85. The van der Waals surface area contributed by atoms with Gasteiger partial charge < -0.3 is 9.15 Å². The zero-order chi connectivity index (χ0) is 18.1. The normalized spacial score (nSPS) is 10.8. The van der Waals surface area contributed by atoms with E-state index in [1.807, 2.05) is 0 Å². The predicted octanol–water partition coefficient (Wildman–Crippen LogP) is 4.48. The third-order valence-corrected chi connectivity index (χ3v) is 4.03. The number of fused-ring (bicyclic) bond motifs is 1. The Kier molecular flexibility index (Phi) is 3.93. The number of esters is 1. The smallest absolute Gasteiger partial charge is 0.341 e. The summed E-state index contributed by atoms with van der Waals surface area (Å²) in [4.78, 5) is 20.1. The maximum Gasteiger partial charge on any atom is 0.341 e. The number of pyridine rings is 1. The van der Waals surface area contributed by atoms with E-state index in [2.05, 4.69) is 9.97 Å². The number of benzene rings is 2. The number of para-hydroxylation sites is 1. The Hall–Kier alpha value is -3.54. The first-order valence-corrected chi connectivity index (χ1v) is 7.85. The molecule has 2 aromatic heterocycles. The van der Waals surface area contributed by atoms with Crippen molar-refractivity contribution in [1.82, 2.24) is 9.97 Å². The number of hydrogen-bond donors (Lipinski definition) is 0. The number of ether oxygens (including phenoxy) is 1. The van der Waals surface area contributed by atoms with Crippen LogP contribution in [0.25, 0.3) is 33.7 Å². The largest absolute Gasteiger partial charge is 0.465 e. The van der Waals surface area contributed by atoms with Gasteiger partial charge in [-0.3, -0.25) is 4.98 Å². The molecule has 0 unspecified atom stereocenters. The van der Waals surface area contributed by atoms with Crippen LogP contribution in [0.1, 0.15) is 10.4 Å². The minimum atomic E-state index is -0.535. The van der Waals surface area contributed by atoms with Crippen LogP contribution in [-0.2, 0) is 4.74 Å². The topological polar surface area (TPSA) is 65.2 Å². The number of carbonyl (C=O) groups is 1. The Bertz CT molecular complexity index is 1110. The summed E-state index contributed by atoms with van der Waals surface area (Å²) < 4.78 is 25.1. The van der Waals surface area contributed by atoms with E-state index in [1.165, 1.54) is 13.2 Å². The first-order chi connectivity index (χ1) is 12.7. The minimum absolute atomic E-state index is 0.107. The third-order valence-electron chi connectivity index (χ3n) is 4.03. The summed E-state index contributed by atoms with van der Waals surface area (Å²) in [6.07, 6.45) is 3.30. The molecule has 0 saturated carbocycles. The lowest BCUT2D eigenvalue weighted by atomic mass is 10.0. The van der Waals surface area contributed by atoms with Crippen LogP contribution in [0, 0.1) is 5.82 Å². The maximum atomic E-state index is 14.7. The van der Waals surface area contributed by atoms with Gasteiger partial charge in [0.15, 0.2) is 5.58 Å². The van der Waals surface area contributed by atoms with Gasteiger partial charge in [0, 0.05) is 12.4 Å². The van der Waals surface area contributed by atoms with Gasteiger partial charge >= 0.3 is 5.97 Å². The Labute approximate surface area is 148 Å². The van der Waals surface area contributed by atoms with Crippen LogP contribution < -0.4 is 0 Å². The fourth-order valence-electron chi connectivity index (χ4n) is 2.75. The van der Waals surface area contributed by atoms with Crippen molar-refractivity contribution in [3.05, 3.63) is 72.3 Å². The second-order valence-electron chi connectivity index (χ2n) is 5.59. The molecule has 0 N–H and O–H groups in total. The summed E-state index contributed by atoms with van der Waals surface area (Å²) in [6.45, 7) is 0. The molecule has 0 aliphatic carbocycles. The minimum Gasteiger partial charge on any atom is -0.465 e. The van der Waals surface area contributed by atoms with Crippen molar-refractivity contribution in [2.24, 2.45) is 0 Å². The van der Waals surface area contributed by atoms with E-state index in [4.69, 9.17) is 9.15 Å². The van der Waals surface area contributed by atoms with E-state index in [0.717, 1.165) is 11.1 Å². The highest BCUT2D eigenvalue weighted by Crippen LogP contribution is 2.31. The van der Waals surface area contributed by atoms with Crippen LogP contribution in [0.3, 0.4) is 0 Å². The molecular weight excluding hydrogens is 335 g/mol. The highest BCUT2D eigenvalue weighted by Gasteiger charge is 2.18. The van der Waals surface area contributed by atoms with Crippen molar-refractivity contribution in [1.29, 1.82) is 0 Å². The summed E-state index contributed by atoms with van der Waals surface area (Å²) in [5.41, 5.74) is 2.77. The van der Waals surface area contributed by atoms with Crippen molar-refractivity contribution in [2.75, 3.05) is 7.11 Å². The highest BCUT2D eigenvalue weighted by molar-refractivity contribution is 6.01. The molecule has 2 heterocycles. The van der Waals surface area contributed by atoms with Gasteiger partial charge in [-0.2, -0.15) is 0 Å². The van der Waals surface area contributed by atoms with Crippen LogP contribution in [0.2, 0.25) is 0 Å². The van der Waals surface area contributed by atoms with Gasteiger partial charge in [-0.1, -0.05) is 12.1 Å². The standard InChI is InChI=1S/C20H13FN2O3/c1-25-20(24)15-3-2-4-17-18(15)26-19(23-17)14-6-5-13(11-16(14)21)12-7-9-22-10-8-12/h2-11H,1H3. The molecule has 0 atom stereocenters. The average molecular weight is 348 g/mol. The Morgan fingerprint density at radius 1 is 1.08 bits per heavy atom. The molecule has 0 radical (unpaired) electrons. The Balaban J connectivity index is 1.80. The number of rotatable bonds is 3. The lowest BCUT2D eigenvalue weighted by Crippen LogP contribution is -2.00. The van der Waals surface area contributed by atoms with Crippen LogP contribution in [0.5, 0.6) is 0 Å². The van der Waals surface area contributed by atoms with E-state index in [0.29, 0.717) is 5.52 Å². The molecule has 4 rings (SSSR count). The quantitative estimate of drug-likeness (QED) is 0.511. The average Bonchev–Trinajstić information content (AvgIpc) is 3.11. The molecule has 6 heteroatoms. The van der Waals surface area contributed by atoms with Crippen LogP contribution in [0.4, 0.5) is 4.39 Å². The molecule has 4 aromatic rings. The summed E-state index contributed by atoms with van der Waals surface area (Å²) >= 11 is 0. The summed E-state index contributed by atoms with van der Waals surface area (Å²) in [5, 5.41) is 0. The molecule has 128 valence electrons. The van der Waals surface area contributed by atoms with E-state index >= 15 is 0 Å². The number of carbonyl (C=O) groups excluding carboxylic acids is 1. The number of oxazole rings is 1. The highest BCUT2D eigenvalue weighted by atomic mass is 19.1. The van der Waals surface area contributed by atoms with Gasteiger partial charge in [0.25, 0.3) is 0 Å². The zero-order valence-electron chi connectivity index (χ0n) is 13.8. The number of halogens is 1. The monoisotopic (exact) mass is 348 g/mol. The molecule has 0 saturated heterocycles. The maximum absolute atomic E-state index is 14.7. The molecule has 0 fully saturated rings. The van der Waals surface area contributed by atoms with Crippen LogP contribution >= 0.6 is 0 Å². The molecule has 0 spiro atoms. The van der Waals surface area contributed by atoms with Gasteiger partial charge in [-0.25, -0.2) is 14.2 Å². The molecular formula is C20H13FN2O3. The molecule has 5 nitrogen and oxygen atoms in total. The second kappa shape index (κ2) is 6.40. The van der Waals surface area contributed by atoms with Gasteiger partial charge in [-0.15, -0.1) is 0 Å². The predicted molar refractivity (Wildman–Crippen MR) is 94.0 cm³/mol. The van der Waals surface area contributed by atoms with E-state index < -0.39 is 11.8 Å². The number of aromatic nitrogens is 2. The molecule has 0 aliphatic rings. The lowest BCUT2D eigenvalue weighted by Gasteiger charge is -2.04. The lowest BCUT2D eigenvalue weighted by molar-refractivity contribution is 0.0602. The van der Waals surface area contributed by atoms with Crippen molar-refractivity contribution in [2.45, 2.75) is 0 Å². The van der Waals surface area contributed by atoms with Crippen LogP contribution in [-0.4, -0.2) is 23.0 Å². The van der Waals surface area contributed by atoms with Crippen molar-refractivity contribution in [3.8, 4) is 22.6 Å².